The Morgan fingerprint density at radius 1 is 1.26 bits per heavy atom. The standard InChI is InChI=1S/C13H26N2O4/c1-9(7-8-19-6)14-11(18)15-13(4,5)12(2,3)10(16)17/h9H,7-8H2,1-6H3,(H,16,17)(H2,14,15,18). The molecular weight excluding hydrogens is 248 g/mol. The molecule has 0 aliphatic carbocycles. The highest BCUT2D eigenvalue weighted by Gasteiger charge is 2.44. The maximum atomic E-state index is 11.8. The quantitative estimate of drug-likeness (QED) is 0.658. The highest BCUT2D eigenvalue weighted by atomic mass is 16.5. The summed E-state index contributed by atoms with van der Waals surface area (Å²) in [7, 11) is 1.60. The number of ether oxygens (including phenoxy) is 1. The molecule has 0 aromatic heterocycles. The van der Waals surface area contributed by atoms with Crippen molar-refractivity contribution < 1.29 is 19.4 Å². The summed E-state index contributed by atoms with van der Waals surface area (Å²) in [6, 6.07) is -0.411. The van der Waals surface area contributed by atoms with Gasteiger partial charge in [0.25, 0.3) is 0 Å². The fourth-order valence-electron chi connectivity index (χ4n) is 1.33. The maximum absolute atomic E-state index is 11.8. The third-order valence-electron chi connectivity index (χ3n) is 3.66. The fourth-order valence-corrected chi connectivity index (χ4v) is 1.33. The third-order valence-corrected chi connectivity index (χ3v) is 3.66. The molecule has 19 heavy (non-hydrogen) atoms. The molecule has 0 radical (unpaired) electrons. The summed E-state index contributed by atoms with van der Waals surface area (Å²) in [5.74, 6) is -0.953. The molecule has 0 saturated carbocycles. The summed E-state index contributed by atoms with van der Waals surface area (Å²) in [6.07, 6.45) is 0.701. The highest BCUT2D eigenvalue weighted by molar-refractivity contribution is 5.79. The molecule has 0 saturated heterocycles. The van der Waals surface area contributed by atoms with E-state index in [0.29, 0.717) is 13.0 Å². The van der Waals surface area contributed by atoms with Gasteiger partial charge >= 0.3 is 12.0 Å². The first kappa shape index (κ1) is 17.7. The molecule has 112 valence electrons. The van der Waals surface area contributed by atoms with Crippen molar-refractivity contribution in [3.8, 4) is 0 Å². The molecule has 0 aromatic carbocycles. The van der Waals surface area contributed by atoms with Crippen LogP contribution in [-0.4, -0.2) is 42.4 Å². The molecule has 2 amide bonds. The Hall–Kier alpha value is -1.30. The van der Waals surface area contributed by atoms with Crippen LogP contribution in [0.3, 0.4) is 0 Å². The van der Waals surface area contributed by atoms with Gasteiger partial charge in [0.1, 0.15) is 0 Å². The number of carboxylic acids is 1. The van der Waals surface area contributed by atoms with E-state index in [1.165, 1.54) is 0 Å². The zero-order valence-electron chi connectivity index (χ0n) is 12.7. The van der Waals surface area contributed by atoms with Crippen LogP contribution in [0, 0.1) is 5.41 Å². The highest BCUT2D eigenvalue weighted by Crippen LogP contribution is 2.30. The van der Waals surface area contributed by atoms with Crippen LogP contribution in [0.25, 0.3) is 0 Å². The first-order chi connectivity index (χ1) is 8.54. The summed E-state index contributed by atoms with van der Waals surface area (Å²) in [6.45, 7) is 8.99. The lowest BCUT2D eigenvalue weighted by Crippen LogP contribution is -2.59. The van der Waals surface area contributed by atoms with E-state index in [9.17, 15) is 14.7 Å². The molecule has 6 heteroatoms. The van der Waals surface area contributed by atoms with E-state index in [4.69, 9.17) is 4.74 Å². The average molecular weight is 274 g/mol. The molecular formula is C13H26N2O4. The summed E-state index contributed by atoms with van der Waals surface area (Å²) in [4.78, 5) is 23.1. The van der Waals surface area contributed by atoms with E-state index in [1.807, 2.05) is 6.92 Å². The van der Waals surface area contributed by atoms with E-state index >= 15 is 0 Å². The van der Waals surface area contributed by atoms with Gasteiger partial charge in [0, 0.05) is 19.8 Å². The van der Waals surface area contributed by atoms with Crippen molar-refractivity contribution in [3.05, 3.63) is 0 Å². The minimum atomic E-state index is -1.07. The number of carbonyl (C=O) groups excluding carboxylic acids is 1. The zero-order chi connectivity index (χ0) is 15.3. The first-order valence-corrected chi connectivity index (χ1v) is 6.35. The van der Waals surface area contributed by atoms with Crippen LogP contribution in [0.5, 0.6) is 0 Å². The second kappa shape index (κ2) is 6.75. The number of nitrogens with one attached hydrogen (secondary N) is 2. The number of hydrogen-bond donors (Lipinski definition) is 3. The monoisotopic (exact) mass is 274 g/mol. The van der Waals surface area contributed by atoms with Gasteiger partial charge in [-0.15, -0.1) is 0 Å². The SMILES string of the molecule is COCCC(C)NC(=O)NC(C)(C)C(C)(C)C(=O)O. The van der Waals surface area contributed by atoms with E-state index in [-0.39, 0.29) is 12.1 Å². The lowest BCUT2D eigenvalue weighted by molar-refractivity contribution is -0.150. The van der Waals surface area contributed by atoms with Gasteiger partial charge in [-0.1, -0.05) is 0 Å². The van der Waals surface area contributed by atoms with Gasteiger partial charge in [-0.25, -0.2) is 4.79 Å². The second-order valence-corrected chi connectivity index (χ2v) is 5.84. The van der Waals surface area contributed by atoms with Gasteiger partial charge in [0.05, 0.1) is 11.0 Å². The molecule has 0 aliphatic heterocycles. The van der Waals surface area contributed by atoms with Gasteiger partial charge in [-0.2, -0.15) is 0 Å². The number of carbonyl (C=O) groups is 2. The summed E-state index contributed by atoms with van der Waals surface area (Å²) < 4.78 is 4.93. The van der Waals surface area contributed by atoms with Crippen molar-refractivity contribution in [2.75, 3.05) is 13.7 Å². The van der Waals surface area contributed by atoms with E-state index in [2.05, 4.69) is 10.6 Å². The molecule has 0 aromatic rings. The van der Waals surface area contributed by atoms with Crippen molar-refractivity contribution in [2.24, 2.45) is 5.41 Å². The predicted molar refractivity (Wildman–Crippen MR) is 73.1 cm³/mol. The Labute approximate surface area is 114 Å². The maximum Gasteiger partial charge on any atom is 0.315 e. The van der Waals surface area contributed by atoms with E-state index in [0.717, 1.165) is 0 Å². The van der Waals surface area contributed by atoms with Crippen molar-refractivity contribution in [1.29, 1.82) is 0 Å². The first-order valence-electron chi connectivity index (χ1n) is 6.35. The number of rotatable bonds is 7. The Kier molecular flexibility index (Phi) is 6.29. The normalized spacial score (nSPS) is 13.8. The average Bonchev–Trinajstić information content (AvgIpc) is 2.24. The van der Waals surface area contributed by atoms with Crippen LogP contribution in [0.15, 0.2) is 0 Å². The fraction of sp³-hybridized carbons (Fsp3) is 0.846. The van der Waals surface area contributed by atoms with Crippen molar-refractivity contribution in [1.82, 2.24) is 10.6 Å². The molecule has 1 atom stereocenters. The number of amides is 2. The van der Waals surface area contributed by atoms with Crippen LogP contribution in [0.2, 0.25) is 0 Å². The van der Waals surface area contributed by atoms with Crippen molar-refractivity contribution in [3.63, 3.8) is 0 Å². The van der Waals surface area contributed by atoms with E-state index < -0.39 is 16.9 Å². The van der Waals surface area contributed by atoms with Gasteiger partial charge in [-0.3, -0.25) is 4.79 Å². The molecule has 1 unspecified atom stereocenters. The molecule has 0 spiro atoms. The lowest BCUT2D eigenvalue weighted by Gasteiger charge is -2.39. The summed E-state index contributed by atoms with van der Waals surface area (Å²) >= 11 is 0. The molecule has 0 heterocycles. The Morgan fingerprint density at radius 2 is 1.79 bits per heavy atom. The van der Waals surface area contributed by atoms with Gasteiger partial charge in [-0.05, 0) is 41.0 Å². The largest absolute Gasteiger partial charge is 0.481 e. The van der Waals surface area contributed by atoms with Gasteiger partial charge < -0.3 is 20.5 Å². The van der Waals surface area contributed by atoms with Crippen LogP contribution in [0.1, 0.15) is 41.0 Å². The second-order valence-electron chi connectivity index (χ2n) is 5.84. The summed E-state index contributed by atoms with van der Waals surface area (Å²) in [5, 5.41) is 14.7. The molecule has 0 bridgehead atoms. The van der Waals surface area contributed by atoms with Gasteiger partial charge in [0.2, 0.25) is 0 Å². The van der Waals surface area contributed by atoms with Crippen LogP contribution >= 0.6 is 0 Å². The van der Waals surface area contributed by atoms with Crippen molar-refractivity contribution >= 4 is 12.0 Å². The third kappa shape index (κ3) is 5.06. The Bertz CT molecular complexity index is 327. The topological polar surface area (TPSA) is 87.7 Å². The molecule has 0 aliphatic rings. The number of hydrogen-bond acceptors (Lipinski definition) is 3. The summed E-state index contributed by atoms with van der Waals surface area (Å²) in [5.41, 5.74) is -1.94. The van der Waals surface area contributed by atoms with Crippen molar-refractivity contribution in [2.45, 2.75) is 52.6 Å². The number of carboxylic acid groups (broad SMARTS) is 1. The number of urea groups is 1. The van der Waals surface area contributed by atoms with Crippen LogP contribution < -0.4 is 10.6 Å². The molecule has 0 rings (SSSR count). The number of aliphatic carboxylic acids is 1. The zero-order valence-corrected chi connectivity index (χ0v) is 12.7. The van der Waals surface area contributed by atoms with Crippen LogP contribution in [-0.2, 0) is 9.53 Å². The molecule has 0 fully saturated rings. The molecule has 3 N–H and O–H groups in total. The predicted octanol–water partition coefficient (Wildman–Crippen LogP) is 1.60. The minimum Gasteiger partial charge on any atom is -0.481 e. The number of methoxy groups -OCH3 is 1. The lowest BCUT2D eigenvalue weighted by atomic mass is 9.74. The van der Waals surface area contributed by atoms with E-state index in [1.54, 1.807) is 34.8 Å². The Morgan fingerprint density at radius 3 is 2.21 bits per heavy atom. The minimum absolute atomic E-state index is 0.0382. The smallest absolute Gasteiger partial charge is 0.315 e. The Balaban J connectivity index is 4.51. The molecule has 6 nitrogen and oxygen atoms in total. The van der Waals surface area contributed by atoms with Gasteiger partial charge in [0.15, 0.2) is 0 Å². The van der Waals surface area contributed by atoms with Crippen LogP contribution in [0.4, 0.5) is 4.79 Å².